The van der Waals surface area contributed by atoms with E-state index in [2.05, 4.69) is 16.0 Å². The summed E-state index contributed by atoms with van der Waals surface area (Å²) in [5, 5.41) is 17.2. The Morgan fingerprint density at radius 3 is 1.81 bits per heavy atom. The molecular formula is C24H32N4O8S. The Balaban J connectivity index is 2.21. The van der Waals surface area contributed by atoms with Crippen LogP contribution >= 0.6 is 0 Å². The Morgan fingerprint density at radius 1 is 0.865 bits per heavy atom. The number of amides is 3. The average molecular weight is 537 g/mol. The summed E-state index contributed by atoms with van der Waals surface area (Å²) in [6.07, 6.45) is -0.706. The Morgan fingerprint density at radius 2 is 1.35 bits per heavy atom. The van der Waals surface area contributed by atoms with Gasteiger partial charge in [-0.2, -0.15) is 8.42 Å². The summed E-state index contributed by atoms with van der Waals surface area (Å²) in [7, 11) is -3.03. The molecule has 3 amide bonds. The number of benzene rings is 2. The molecule has 0 aliphatic carbocycles. The summed E-state index contributed by atoms with van der Waals surface area (Å²) in [5.74, 6) is -1.09. The molecular weight excluding hydrogens is 504 g/mol. The van der Waals surface area contributed by atoms with Crippen molar-refractivity contribution in [3.05, 3.63) is 59.7 Å². The third-order valence-corrected chi connectivity index (χ3v) is 5.40. The van der Waals surface area contributed by atoms with Crippen molar-refractivity contribution in [1.29, 1.82) is 0 Å². The number of ether oxygens (including phenoxy) is 1. The van der Waals surface area contributed by atoms with Crippen LogP contribution in [0.1, 0.15) is 31.9 Å². The molecule has 0 unspecified atom stereocenters. The second kappa shape index (κ2) is 12.4. The van der Waals surface area contributed by atoms with Gasteiger partial charge in [-0.25, -0.2) is 4.79 Å². The lowest BCUT2D eigenvalue weighted by molar-refractivity contribution is -0.129. The van der Waals surface area contributed by atoms with Gasteiger partial charge in [0.05, 0.1) is 5.69 Å². The number of phenolic OH excluding ortho intramolecular Hbond substituents is 1. The van der Waals surface area contributed by atoms with Crippen LogP contribution in [0.15, 0.2) is 48.5 Å². The van der Waals surface area contributed by atoms with Gasteiger partial charge in [-0.3, -0.25) is 18.9 Å². The van der Waals surface area contributed by atoms with E-state index in [1.54, 1.807) is 32.9 Å². The van der Waals surface area contributed by atoms with Gasteiger partial charge in [-0.1, -0.05) is 24.3 Å². The molecule has 0 radical (unpaired) electrons. The normalized spacial score (nSPS) is 13.1. The van der Waals surface area contributed by atoms with Crippen LogP contribution in [-0.4, -0.2) is 60.7 Å². The van der Waals surface area contributed by atoms with E-state index < -0.39 is 45.9 Å². The van der Waals surface area contributed by atoms with Gasteiger partial charge in [0.15, 0.2) is 0 Å². The smallest absolute Gasteiger partial charge is 0.408 e. The van der Waals surface area contributed by atoms with Gasteiger partial charge < -0.3 is 25.8 Å². The minimum Gasteiger partial charge on any atom is -0.508 e. The second-order valence-electron chi connectivity index (χ2n) is 9.22. The van der Waals surface area contributed by atoms with E-state index in [4.69, 9.17) is 9.29 Å². The lowest BCUT2D eigenvalue weighted by atomic mass is 10.0. The topological polar surface area (TPSA) is 183 Å². The van der Waals surface area contributed by atoms with Gasteiger partial charge in [0.2, 0.25) is 11.8 Å². The zero-order chi connectivity index (χ0) is 27.8. The number of likely N-dealkylation sites (N-methyl/N-ethyl adjacent to an activating group) is 1. The molecule has 0 spiro atoms. The van der Waals surface area contributed by atoms with E-state index >= 15 is 0 Å². The molecule has 2 rings (SSSR count). The third kappa shape index (κ3) is 10.8. The number of nitrogens with one attached hydrogen (secondary N) is 4. The Labute approximate surface area is 215 Å². The molecule has 0 aliphatic heterocycles. The molecule has 6 N–H and O–H groups in total. The molecule has 0 saturated heterocycles. The van der Waals surface area contributed by atoms with E-state index in [0.717, 1.165) is 0 Å². The van der Waals surface area contributed by atoms with Crippen LogP contribution in [0.3, 0.4) is 0 Å². The number of hydrogen-bond donors (Lipinski definition) is 6. The summed E-state index contributed by atoms with van der Waals surface area (Å²) in [6.45, 7) is 5.04. The lowest BCUT2D eigenvalue weighted by Gasteiger charge is -2.25. The van der Waals surface area contributed by atoms with Crippen LogP contribution in [0.2, 0.25) is 0 Å². The zero-order valence-electron chi connectivity index (χ0n) is 20.9. The number of rotatable bonds is 10. The Kier molecular flexibility index (Phi) is 9.86. The average Bonchev–Trinajstić information content (AvgIpc) is 2.78. The van der Waals surface area contributed by atoms with Crippen LogP contribution in [0, 0.1) is 0 Å². The van der Waals surface area contributed by atoms with Crippen molar-refractivity contribution in [2.24, 2.45) is 0 Å². The first-order valence-electron chi connectivity index (χ1n) is 11.3. The van der Waals surface area contributed by atoms with Gasteiger partial charge in [0.25, 0.3) is 0 Å². The molecule has 0 bridgehead atoms. The molecule has 0 saturated carbocycles. The van der Waals surface area contributed by atoms with Crippen molar-refractivity contribution in [1.82, 2.24) is 16.0 Å². The maximum absolute atomic E-state index is 13.2. The van der Waals surface area contributed by atoms with Gasteiger partial charge in [0, 0.05) is 19.9 Å². The highest BCUT2D eigenvalue weighted by Crippen LogP contribution is 2.15. The molecule has 0 aromatic heterocycles. The molecule has 0 aliphatic rings. The van der Waals surface area contributed by atoms with Crippen LogP contribution in [0.25, 0.3) is 0 Å². The van der Waals surface area contributed by atoms with Crippen molar-refractivity contribution in [3.8, 4) is 5.75 Å². The predicted octanol–water partition coefficient (Wildman–Crippen LogP) is 1.52. The van der Waals surface area contributed by atoms with Crippen molar-refractivity contribution < 1.29 is 37.2 Å². The summed E-state index contributed by atoms with van der Waals surface area (Å²) >= 11 is 0. The summed E-state index contributed by atoms with van der Waals surface area (Å²) in [4.78, 5) is 38.2. The maximum Gasteiger partial charge on any atom is 0.408 e. The molecule has 2 atom stereocenters. The van der Waals surface area contributed by atoms with E-state index in [1.165, 1.54) is 43.4 Å². The number of phenols is 1. The Bertz CT molecular complexity index is 1190. The van der Waals surface area contributed by atoms with E-state index in [-0.39, 0.29) is 24.3 Å². The van der Waals surface area contributed by atoms with E-state index in [0.29, 0.717) is 11.1 Å². The molecule has 2 aromatic carbocycles. The van der Waals surface area contributed by atoms with Crippen LogP contribution < -0.4 is 20.7 Å². The summed E-state index contributed by atoms with van der Waals surface area (Å²) < 4.78 is 38.0. The number of hydrogen-bond acceptors (Lipinski definition) is 7. The molecule has 202 valence electrons. The maximum atomic E-state index is 13.2. The monoisotopic (exact) mass is 536 g/mol. The fourth-order valence-electron chi connectivity index (χ4n) is 3.28. The number of carbonyl (C=O) groups is 3. The Hall–Kier alpha value is -3.84. The van der Waals surface area contributed by atoms with Crippen LogP contribution in [0.4, 0.5) is 10.5 Å². The molecule has 0 heterocycles. The fourth-order valence-corrected chi connectivity index (χ4v) is 3.71. The first-order valence-corrected chi connectivity index (χ1v) is 12.7. The van der Waals surface area contributed by atoms with Gasteiger partial charge in [0.1, 0.15) is 23.4 Å². The number of aromatic hydroxyl groups is 1. The molecule has 0 fully saturated rings. The van der Waals surface area contributed by atoms with E-state index in [1.807, 2.05) is 4.72 Å². The summed E-state index contributed by atoms with van der Waals surface area (Å²) in [6, 6.07) is 9.82. The standard InChI is InChI=1S/C24H32N4O8S/c1-24(2,3)36-23(32)27-20(14-16-7-11-18(29)12-8-16)22(31)26-19(21(30)25-4)13-15-5-9-17(10-6-15)28-37(33,34)35/h5-12,19-20,28-29H,13-14H2,1-4H3,(H,25,30)(H,26,31)(H,27,32)(H,33,34,35)/t19-,20-/m0/s1. The van der Waals surface area contributed by atoms with Crippen molar-refractivity contribution >= 4 is 33.9 Å². The first-order chi connectivity index (χ1) is 17.1. The van der Waals surface area contributed by atoms with Gasteiger partial charge in [-0.05, 0) is 56.2 Å². The predicted molar refractivity (Wildman–Crippen MR) is 136 cm³/mol. The van der Waals surface area contributed by atoms with Crippen molar-refractivity contribution in [2.75, 3.05) is 11.8 Å². The van der Waals surface area contributed by atoms with E-state index in [9.17, 15) is 27.9 Å². The first kappa shape index (κ1) is 29.4. The number of carbonyl (C=O) groups excluding carboxylic acids is 3. The van der Waals surface area contributed by atoms with Crippen LogP contribution in [0.5, 0.6) is 5.75 Å². The molecule has 37 heavy (non-hydrogen) atoms. The second-order valence-corrected chi connectivity index (χ2v) is 10.4. The lowest BCUT2D eigenvalue weighted by Crippen LogP contribution is -2.55. The molecule has 12 nitrogen and oxygen atoms in total. The number of alkyl carbamates (subject to hydrolysis) is 1. The highest BCUT2D eigenvalue weighted by molar-refractivity contribution is 7.87. The van der Waals surface area contributed by atoms with Crippen molar-refractivity contribution in [2.45, 2.75) is 51.3 Å². The fraction of sp³-hybridized carbons (Fsp3) is 0.375. The minimum atomic E-state index is -4.44. The highest BCUT2D eigenvalue weighted by Gasteiger charge is 2.28. The largest absolute Gasteiger partial charge is 0.508 e. The van der Waals surface area contributed by atoms with Gasteiger partial charge >= 0.3 is 16.4 Å². The SMILES string of the molecule is CNC(=O)[C@H](Cc1ccc(NS(=O)(=O)O)cc1)NC(=O)[C@H](Cc1ccc(O)cc1)NC(=O)OC(C)(C)C. The highest BCUT2D eigenvalue weighted by atomic mass is 32.2. The number of anilines is 1. The quantitative estimate of drug-likeness (QED) is 0.247. The third-order valence-electron chi connectivity index (χ3n) is 4.90. The zero-order valence-corrected chi connectivity index (χ0v) is 21.8. The minimum absolute atomic E-state index is 0.0438. The molecule has 2 aromatic rings. The van der Waals surface area contributed by atoms with Crippen LogP contribution in [-0.2, 0) is 37.5 Å². The summed E-state index contributed by atoms with van der Waals surface area (Å²) in [5.41, 5.74) is 0.546. The van der Waals surface area contributed by atoms with Crippen molar-refractivity contribution in [3.63, 3.8) is 0 Å². The van der Waals surface area contributed by atoms with Gasteiger partial charge in [-0.15, -0.1) is 0 Å². The molecule has 13 heteroatoms.